The van der Waals surface area contributed by atoms with E-state index < -0.39 is 6.10 Å². The third kappa shape index (κ3) is 4.86. The van der Waals surface area contributed by atoms with Crippen LogP contribution in [0.15, 0.2) is 30.3 Å². The Balaban J connectivity index is 2.44. The highest BCUT2D eigenvalue weighted by Crippen LogP contribution is 2.20. The van der Waals surface area contributed by atoms with Gasteiger partial charge < -0.3 is 14.6 Å². The Kier molecular flexibility index (Phi) is 6.86. The normalized spacial score (nSPS) is 14.5. The van der Waals surface area contributed by atoms with Crippen LogP contribution in [0.5, 0.6) is 0 Å². The van der Waals surface area contributed by atoms with Crippen molar-refractivity contribution >= 4 is 0 Å². The van der Waals surface area contributed by atoms with Crippen molar-refractivity contribution in [3.63, 3.8) is 0 Å². The number of hydrogen-bond acceptors (Lipinski definition) is 3. The summed E-state index contributed by atoms with van der Waals surface area (Å²) in [4.78, 5) is 0. The predicted molar refractivity (Wildman–Crippen MR) is 67.9 cm³/mol. The topological polar surface area (TPSA) is 38.7 Å². The van der Waals surface area contributed by atoms with Gasteiger partial charge in [0.1, 0.15) is 6.10 Å². The van der Waals surface area contributed by atoms with Crippen molar-refractivity contribution in [2.45, 2.75) is 32.5 Å². The summed E-state index contributed by atoms with van der Waals surface area (Å²) in [5.41, 5.74) is 0.899. The molecule has 0 aliphatic heterocycles. The minimum absolute atomic E-state index is 0.169. The van der Waals surface area contributed by atoms with Gasteiger partial charge in [0, 0.05) is 6.61 Å². The van der Waals surface area contributed by atoms with Gasteiger partial charge in [-0.3, -0.25) is 0 Å². The highest BCUT2D eigenvalue weighted by Gasteiger charge is 2.19. The van der Waals surface area contributed by atoms with Crippen molar-refractivity contribution in [2.24, 2.45) is 0 Å². The van der Waals surface area contributed by atoms with E-state index in [1.54, 1.807) is 0 Å². The Morgan fingerprint density at radius 1 is 1.12 bits per heavy atom. The van der Waals surface area contributed by atoms with Gasteiger partial charge in [0.2, 0.25) is 0 Å². The van der Waals surface area contributed by atoms with Crippen LogP contribution in [0.1, 0.15) is 31.9 Å². The SMILES string of the molecule is CCOCCOC(CC)C(O)c1ccccc1. The molecular weight excluding hydrogens is 216 g/mol. The zero-order chi connectivity index (χ0) is 12.5. The van der Waals surface area contributed by atoms with Gasteiger partial charge in [0.15, 0.2) is 0 Å². The molecular formula is C14H22O3. The van der Waals surface area contributed by atoms with E-state index in [2.05, 4.69) is 0 Å². The number of hydrogen-bond donors (Lipinski definition) is 1. The Labute approximate surface area is 103 Å². The van der Waals surface area contributed by atoms with Gasteiger partial charge in [-0.1, -0.05) is 37.3 Å². The van der Waals surface area contributed by atoms with E-state index in [4.69, 9.17) is 9.47 Å². The molecule has 0 heterocycles. The van der Waals surface area contributed by atoms with Gasteiger partial charge in [-0.2, -0.15) is 0 Å². The maximum atomic E-state index is 10.2. The van der Waals surface area contributed by atoms with Gasteiger partial charge in [0.25, 0.3) is 0 Å². The molecule has 1 aromatic carbocycles. The standard InChI is InChI=1S/C14H22O3/c1-3-13(17-11-10-16-4-2)14(15)12-8-6-5-7-9-12/h5-9,13-15H,3-4,10-11H2,1-2H3. The van der Waals surface area contributed by atoms with Crippen LogP contribution in [-0.4, -0.2) is 31.0 Å². The molecule has 0 aliphatic rings. The number of rotatable bonds is 8. The third-order valence-corrected chi connectivity index (χ3v) is 2.66. The highest BCUT2D eigenvalue weighted by molar-refractivity contribution is 5.18. The fourth-order valence-corrected chi connectivity index (χ4v) is 1.70. The third-order valence-electron chi connectivity index (χ3n) is 2.66. The highest BCUT2D eigenvalue weighted by atomic mass is 16.5. The lowest BCUT2D eigenvalue weighted by Crippen LogP contribution is -2.23. The van der Waals surface area contributed by atoms with E-state index in [1.165, 1.54) is 0 Å². The predicted octanol–water partition coefficient (Wildman–Crippen LogP) is 2.55. The van der Waals surface area contributed by atoms with Gasteiger partial charge in [-0.15, -0.1) is 0 Å². The molecule has 0 aliphatic carbocycles. The summed E-state index contributed by atoms with van der Waals surface area (Å²) < 4.78 is 10.8. The summed E-state index contributed by atoms with van der Waals surface area (Å²) in [5, 5.41) is 10.2. The van der Waals surface area contributed by atoms with Crippen molar-refractivity contribution in [1.82, 2.24) is 0 Å². The van der Waals surface area contributed by atoms with Crippen LogP contribution in [-0.2, 0) is 9.47 Å². The minimum Gasteiger partial charge on any atom is -0.386 e. The lowest BCUT2D eigenvalue weighted by atomic mass is 10.0. The summed E-state index contributed by atoms with van der Waals surface area (Å²) >= 11 is 0. The molecule has 3 nitrogen and oxygen atoms in total. The Morgan fingerprint density at radius 3 is 2.41 bits per heavy atom. The monoisotopic (exact) mass is 238 g/mol. The number of aliphatic hydroxyl groups excluding tert-OH is 1. The first-order chi connectivity index (χ1) is 8.29. The minimum atomic E-state index is -0.567. The zero-order valence-electron chi connectivity index (χ0n) is 10.6. The fourth-order valence-electron chi connectivity index (χ4n) is 1.70. The molecule has 2 atom stereocenters. The summed E-state index contributed by atoms with van der Waals surface area (Å²) in [5.74, 6) is 0. The van der Waals surface area contributed by atoms with Crippen molar-refractivity contribution in [1.29, 1.82) is 0 Å². The molecule has 1 rings (SSSR count). The van der Waals surface area contributed by atoms with Gasteiger partial charge >= 0.3 is 0 Å². The summed E-state index contributed by atoms with van der Waals surface area (Å²) in [7, 11) is 0. The summed E-state index contributed by atoms with van der Waals surface area (Å²) in [6.07, 6.45) is 0.0445. The molecule has 0 aromatic heterocycles. The van der Waals surface area contributed by atoms with Crippen LogP contribution in [0.4, 0.5) is 0 Å². The maximum Gasteiger partial charge on any atom is 0.105 e. The first-order valence-electron chi connectivity index (χ1n) is 6.22. The van der Waals surface area contributed by atoms with Crippen LogP contribution in [0, 0.1) is 0 Å². The fraction of sp³-hybridized carbons (Fsp3) is 0.571. The van der Waals surface area contributed by atoms with Crippen LogP contribution in [0.25, 0.3) is 0 Å². The molecule has 1 N–H and O–H groups in total. The Bertz CT molecular complexity index is 287. The molecule has 96 valence electrons. The van der Waals surface area contributed by atoms with Crippen molar-refractivity contribution in [3.8, 4) is 0 Å². The molecule has 0 saturated carbocycles. The van der Waals surface area contributed by atoms with Crippen LogP contribution < -0.4 is 0 Å². The first kappa shape index (κ1) is 14.2. The summed E-state index contributed by atoms with van der Waals surface area (Å²) in [6.45, 7) is 5.76. The van der Waals surface area contributed by atoms with E-state index in [1.807, 2.05) is 44.2 Å². The van der Waals surface area contributed by atoms with Crippen molar-refractivity contribution in [3.05, 3.63) is 35.9 Å². The van der Waals surface area contributed by atoms with Gasteiger partial charge in [0.05, 0.1) is 19.3 Å². The number of aliphatic hydroxyl groups is 1. The molecule has 1 aromatic rings. The molecule has 0 saturated heterocycles. The first-order valence-corrected chi connectivity index (χ1v) is 6.22. The van der Waals surface area contributed by atoms with E-state index in [9.17, 15) is 5.11 Å². The zero-order valence-corrected chi connectivity index (χ0v) is 10.6. The largest absolute Gasteiger partial charge is 0.386 e. The quantitative estimate of drug-likeness (QED) is 0.707. The van der Waals surface area contributed by atoms with Gasteiger partial charge in [-0.25, -0.2) is 0 Å². The van der Waals surface area contributed by atoms with E-state index >= 15 is 0 Å². The lowest BCUT2D eigenvalue weighted by Gasteiger charge is -2.22. The van der Waals surface area contributed by atoms with Crippen LogP contribution >= 0.6 is 0 Å². The maximum absolute atomic E-state index is 10.2. The Morgan fingerprint density at radius 2 is 1.82 bits per heavy atom. The molecule has 2 unspecified atom stereocenters. The molecule has 0 radical (unpaired) electrons. The molecule has 17 heavy (non-hydrogen) atoms. The average molecular weight is 238 g/mol. The van der Waals surface area contributed by atoms with Crippen molar-refractivity contribution in [2.75, 3.05) is 19.8 Å². The number of benzene rings is 1. The van der Waals surface area contributed by atoms with Crippen LogP contribution in [0.3, 0.4) is 0 Å². The van der Waals surface area contributed by atoms with E-state index in [-0.39, 0.29) is 6.10 Å². The molecule has 0 bridgehead atoms. The second kappa shape index (κ2) is 8.23. The second-order valence-electron chi connectivity index (χ2n) is 3.87. The smallest absolute Gasteiger partial charge is 0.105 e. The van der Waals surface area contributed by atoms with Gasteiger partial charge in [-0.05, 0) is 18.9 Å². The summed E-state index contributed by atoms with van der Waals surface area (Å²) in [6, 6.07) is 9.61. The average Bonchev–Trinajstić information content (AvgIpc) is 2.39. The van der Waals surface area contributed by atoms with Crippen molar-refractivity contribution < 1.29 is 14.6 Å². The molecule has 0 amide bonds. The Hall–Kier alpha value is -0.900. The van der Waals surface area contributed by atoms with E-state index in [0.29, 0.717) is 19.8 Å². The van der Waals surface area contributed by atoms with E-state index in [0.717, 1.165) is 12.0 Å². The number of ether oxygens (including phenoxy) is 2. The molecule has 0 fully saturated rings. The molecule has 3 heteroatoms. The second-order valence-corrected chi connectivity index (χ2v) is 3.87. The molecule has 0 spiro atoms. The lowest BCUT2D eigenvalue weighted by molar-refractivity contribution is -0.0578. The van der Waals surface area contributed by atoms with Crippen LogP contribution in [0.2, 0.25) is 0 Å².